The van der Waals surface area contributed by atoms with Crippen LogP contribution in [-0.4, -0.2) is 28.9 Å². The Bertz CT molecular complexity index is 873. The minimum absolute atomic E-state index is 0.266. The fourth-order valence-corrected chi connectivity index (χ4v) is 3.64. The molecule has 26 heavy (non-hydrogen) atoms. The highest BCUT2D eigenvalue weighted by Crippen LogP contribution is 2.29. The van der Waals surface area contributed by atoms with Crippen LogP contribution in [0.15, 0.2) is 29.6 Å². The van der Waals surface area contributed by atoms with Crippen molar-refractivity contribution in [1.82, 2.24) is 9.61 Å². The van der Waals surface area contributed by atoms with E-state index in [4.69, 9.17) is 28.9 Å². The van der Waals surface area contributed by atoms with E-state index in [1.165, 1.54) is 9.39 Å². The first kappa shape index (κ1) is 19.3. The molecule has 5 nitrogen and oxygen atoms in total. The maximum absolute atomic E-state index is 12.1. The molecule has 3 aromatic heterocycles. The van der Waals surface area contributed by atoms with Crippen LogP contribution in [0.3, 0.4) is 0 Å². The number of aromatic nitrogens is 2. The van der Waals surface area contributed by atoms with Crippen molar-refractivity contribution in [3.63, 3.8) is 0 Å². The number of rotatable bonds is 8. The molecule has 140 valence electrons. The average molecular weight is 421 g/mol. The van der Waals surface area contributed by atoms with Crippen molar-refractivity contribution in [2.75, 3.05) is 11.9 Å². The molecule has 3 heterocycles. The Morgan fingerprint density at radius 2 is 2.15 bits per heavy atom. The smallest absolute Gasteiger partial charge is 0.345 e. The molecule has 0 spiro atoms. The molecular weight excluding hydrogens is 405 g/mol. The fraction of sp³-hybridized carbons (Fsp3) is 0.312. The number of ether oxygens (including phenoxy) is 1. The molecule has 0 fully saturated rings. The van der Waals surface area contributed by atoms with Crippen molar-refractivity contribution >= 4 is 45.7 Å². The second kappa shape index (κ2) is 8.49. The first-order valence-electron chi connectivity index (χ1n) is 7.72. The van der Waals surface area contributed by atoms with E-state index in [9.17, 15) is 8.78 Å². The van der Waals surface area contributed by atoms with Crippen LogP contribution in [0.1, 0.15) is 10.4 Å². The van der Waals surface area contributed by atoms with Crippen LogP contribution in [0, 0.1) is 0 Å². The van der Waals surface area contributed by atoms with Crippen LogP contribution in [0.5, 0.6) is 0 Å². The normalized spacial score (nSPS) is 12.8. The third kappa shape index (κ3) is 4.63. The van der Waals surface area contributed by atoms with E-state index in [1.54, 1.807) is 17.4 Å². The van der Waals surface area contributed by atoms with Gasteiger partial charge in [0.1, 0.15) is 5.15 Å². The van der Waals surface area contributed by atoms with Crippen LogP contribution in [0.4, 0.5) is 14.5 Å². The molecule has 0 unspecified atom stereocenters. The van der Waals surface area contributed by atoms with Gasteiger partial charge >= 0.3 is 6.61 Å². The number of halogens is 4. The summed E-state index contributed by atoms with van der Waals surface area (Å²) < 4.78 is 30.0. The molecule has 0 aliphatic rings. The first-order chi connectivity index (χ1) is 12.4. The van der Waals surface area contributed by atoms with Crippen LogP contribution < -0.4 is 11.1 Å². The number of alkyl halides is 2. The second-order valence-corrected chi connectivity index (χ2v) is 7.41. The zero-order valence-corrected chi connectivity index (χ0v) is 15.8. The maximum Gasteiger partial charge on any atom is 0.345 e. The van der Waals surface area contributed by atoms with Crippen molar-refractivity contribution in [3.8, 4) is 0 Å². The lowest BCUT2D eigenvalue weighted by Crippen LogP contribution is -2.29. The molecule has 0 aromatic carbocycles. The summed E-state index contributed by atoms with van der Waals surface area (Å²) in [4.78, 5) is 1.17. The molecule has 0 amide bonds. The summed E-state index contributed by atoms with van der Waals surface area (Å²) in [6, 6.07) is 6.92. The third-order valence-corrected chi connectivity index (χ3v) is 5.14. The number of anilines is 1. The minimum atomic E-state index is -2.85. The highest BCUT2D eigenvalue weighted by Gasteiger charge is 2.17. The van der Waals surface area contributed by atoms with Crippen LogP contribution in [0.25, 0.3) is 5.52 Å². The summed E-state index contributed by atoms with van der Waals surface area (Å²) in [6.45, 7) is -2.48. The fourth-order valence-electron chi connectivity index (χ4n) is 2.55. The van der Waals surface area contributed by atoms with Gasteiger partial charge in [0.2, 0.25) is 0 Å². The summed E-state index contributed by atoms with van der Waals surface area (Å²) in [7, 11) is 0. The summed E-state index contributed by atoms with van der Waals surface area (Å²) >= 11 is 14.1. The Labute approximate surface area is 162 Å². The van der Waals surface area contributed by atoms with Gasteiger partial charge in [-0.1, -0.05) is 29.3 Å². The zero-order valence-electron chi connectivity index (χ0n) is 13.5. The molecule has 0 bridgehead atoms. The minimum Gasteiger partial charge on any atom is -0.378 e. The Balaban J connectivity index is 1.83. The lowest BCUT2D eigenvalue weighted by atomic mass is 10.1. The standard InChI is InChI=1S/C16H16Cl2F2N4OS/c17-14-6-12(22-7-11-2-1-3-26-11)13-5-9(15(18)24(13)23-14)4-10(21)8-25-16(19)20/h1-3,5-6,10,16,22H,4,7-8,21H2/t10-/m1/s1. The molecule has 3 aromatic rings. The predicted octanol–water partition coefficient (Wildman–Crippen LogP) is 4.42. The van der Waals surface area contributed by atoms with Crippen molar-refractivity contribution < 1.29 is 13.5 Å². The maximum atomic E-state index is 12.1. The van der Waals surface area contributed by atoms with E-state index >= 15 is 0 Å². The van der Waals surface area contributed by atoms with Crippen molar-refractivity contribution in [3.05, 3.63) is 50.4 Å². The van der Waals surface area contributed by atoms with E-state index in [0.717, 1.165) is 11.2 Å². The van der Waals surface area contributed by atoms with E-state index in [-0.39, 0.29) is 18.2 Å². The Hall–Kier alpha value is -1.45. The summed E-state index contributed by atoms with van der Waals surface area (Å²) in [5.74, 6) is 0. The molecule has 10 heteroatoms. The van der Waals surface area contributed by atoms with Crippen LogP contribution >= 0.6 is 34.5 Å². The Kier molecular flexibility index (Phi) is 6.31. The quantitative estimate of drug-likeness (QED) is 0.565. The average Bonchev–Trinajstić information content (AvgIpc) is 3.21. The van der Waals surface area contributed by atoms with Crippen molar-refractivity contribution in [2.24, 2.45) is 5.73 Å². The zero-order chi connectivity index (χ0) is 18.7. The van der Waals surface area contributed by atoms with Crippen molar-refractivity contribution in [1.29, 1.82) is 0 Å². The summed E-state index contributed by atoms with van der Waals surface area (Å²) in [6.07, 6.45) is 0.275. The number of hydrogen-bond acceptors (Lipinski definition) is 5. The molecule has 0 saturated heterocycles. The van der Waals surface area contributed by atoms with Gasteiger partial charge < -0.3 is 15.8 Å². The van der Waals surface area contributed by atoms with Gasteiger partial charge in [0, 0.05) is 23.5 Å². The van der Waals surface area contributed by atoms with Gasteiger partial charge in [0.15, 0.2) is 5.15 Å². The number of hydrogen-bond donors (Lipinski definition) is 2. The van der Waals surface area contributed by atoms with Crippen LogP contribution in [0.2, 0.25) is 10.3 Å². The molecule has 1 atom stereocenters. The lowest BCUT2D eigenvalue weighted by Gasteiger charge is -2.10. The van der Waals surface area contributed by atoms with E-state index in [1.807, 2.05) is 23.6 Å². The van der Waals surface area contributed by atoms with Crippen LogP contribution in [-0.2, 0) is 17.7 Å². The topological polar surface area (TPSA) is 64.6 Å². The first-order valence-corrected chi connectivity index (χ1v) is 9.36. The molecular formula is C16H16Cl2F2N4OS. The Morgan fingerprint density at radius 3 is 2.85 bits per heavy atom. The number of nitrogens with two attached hydrogens (primary N) is 1. The van der Waals surface area contributed by atoms with Gasteiger partial charge in [0.05, 0.1) is 17.8 Å². The largest absolute Gasteiger partial charge is 0.378 e. The van der Waals surface area contributed by atoms with Gasteiger partial charge in [0.25, 0.3) is 0 Å². The van der Waals surface area contributed by atoms with E-state index < -0.39 is 12.7 Å². The molecule has 0 saturated carbocycles. The van der Waals surface area contributed by atoms with Gasteiger partial charge in [-0.3, -0.25) is 0 Å². The second-order valence-electron chi connectivity index (χ2n) is 5.63. The Morgan fingerprint density at radius 1 is 1.35 bits per heavy atom. The summed E-state index contributed by atoms with van der Waals surface area (Å²) in [5.41, 5.74) is 8.03. The molecule has 0 aliphatic carbocycles. The number of nitrogens with one attached hydrogen (secondary N) is 1. The van der Waals surface area contributed by atoms with Gasteiger partial charge in [-0.2, -0.15) is 13.9 Å². The predicted molar refractivity (Wildman–Crippen MR) is 100 cm³/mol. The highest BCUT2D eigenvalue weighted by atomic mass is 35.5. The number of nitrogens with zero attached hydrogens (tertiary/aromatic N) is 2. The van der Waals surface area contributed by atoms with E-state index in [2.05, 4.69) is 15.2 Å². The molecule has 3 N–H and O–H groups in total. The third-order valence-electron chi connectivity index (χ3n) is 3.68. The van der Waals surface area contributed by atoms with Gasteiger partial charge in [-0.05, 0) is 29.5 Å². The number of thiophene rings is 1. The van der Waals surface area contributed by atoms with Gasteiger partial charge in [-0.15, -0.1) is 11.3 Å². The SMILES string of the molecule is N[C@@H](COC(F)F)Cc1cc2c(NCc3cccs3)cc(Cl)nn2c1Cl. The molecule has 0 aliphatic heterocycles. The van der Waals surface area contributed by atoms with Gasteiger partial charge in [-0.25, -0.2) is 4.52 Å². The van der Waals surface area contributed by atoms with E-state index in [0.29, 0.717) is 17.3 Å². The van der Waals surface area contributed by atoms with Crippen molar-refractivity contribution in [2.45, 2.75) is 25.6 Å². The lowest BCUT2D eigenvalue weighted by molar-refractivity contribution is -0.131. The highest BCUT2D eigenvalue weighted by molar-refractivity contribution is 7.09. The summed E-state index contributed by atoms with van der Waals surface area (Å²) in [5, 5.41) is 10.1. The molecule has 0 radical (unpaired) electrons. The monoisotopic (exact) mass is 420 g/mol. The molecule has 3 rings (SSSR count). The number of fused-ring (bicyclic) bond motifs is 1.